The van der Waals surface area contributed by atoms with Gasteiger partial charge in [0.2, 0.25) is 0 Å². The van der Waals surface area contributed by atoms with Crippen LogP contribution in [0.2, 0.25) is 0 Å². The summed E-state index contributed by atoms with van der Waals surface area (Å²) in [4.78, 5) is 1.48. The van der Waals surface area contributed by atoms with Crippen molar-refractivity contribution < 1.29 is 14.7 Å². The number of aliphatic hydroxyl groups excluding tert-OH is 1. The summed E-state index contributed by atoms with van der Waals surface area (Å²) in [5, 5.41) is 10.5. The fraction of sp³-hybridized carbons (Fsp3) is 0.727. The fourth-order valence-electron chi connectivity index (χ4n) is 4.75. The second-order valence-electron chi connectivity index (χ2n) is 8.75. The maximum atomic E-state index is 10.5. The van der Waals surface area contributed by atoms with E-state index in [9.17, 15) is 5.11 Å². The highest BCUT2D eigenvalue weighted by atomic mass is 16.5. The summed E-state index contributed by atoms with van der Waals surface area (Å²) in [7, 11) is 0. The zero-order valence-electron chi connectivity index (χ0n) is 16.2. The van der Waals surface area contributed by atoms with E-state index in [0.717, 1.165) is 38.4 Å². The van der Waals surface area contributed by atoms with E-state index < -0.39 is 0 Å². The van der Waals surface area contributed by atoms with E-state index >= 15 is 0 Å². The van der Waals surface area contributed by atoms with Gasteiger partial charge in [0.15, 0.2) is 0 Å². The van der Waals surface area contributed by atoms with E-state index in [1.807, 2.05) is 0 Å². The molecule has 1 fully saturated rings. The summed E-state index contributed by atoms with van der Waals surface area (Å²) < 4.78 is 6.24. The molecule has 3 nitrogen and oxygen atoms in total. The smallest absolute Gasteiger partial charge is 0.126 e. The van der Waals surface area contributed by atoms with Gasteiger partial charge in [-0.15, -0.1) is 0 Å². The van der Waals surface area contributed by atoms with Crippen LogP contribution in [0.4, 0.5) is 0 Å². The van der Waals surface area contributed by atoms with E-state index in [4.69, 9.17) is 4.74 Å². The van der Waals surface area contributed by atoms with Crippen molar-refractivity contribution in [1.82, 2.24) is 0 Å². The van der Waals surface area contributed by atoms with Crippen LogP contribution in [0.1, 0.15) is 51.2 Å². The van der Waals surface area contributed by atoms with Crippen LogP contribution in [-0.4, -0.2) is 37.0 Å². The monoisotopic (exact) mass is 346 g/mol. The Morgan fingerprint density at radius 1 is 1.20 bits per heavy atom. The van der Waals surface area contributed by atoms with Gasteiger partial charge < -0.3 is 14.7 Å². The maximum Gasteiger partial charge on any atom is 0.126 e. The Kier molecular flexibility index (Phi) is 6.54. The molecule has 0 bridgehead atoms. The molecular formula is C22H36NO2+. The van der Waals surface area contributed by atoms with Crippen molar-refractivity contribution in [3.05, 3.63) is 35.4 Å². The van der Waals surface area contributed by atoms with Crippen LogP contribution >= 0.6 is 0 Å². The minimum atomic E-state index is -0.356. The lowest BCUT2D eigenvalue weighted by Gasteiger charge is -2.37. The molecule has 1 saturated carbocycles. The number of rotatable bonds is 6. The van der Waals surface area contributed by atoms with E-state index in [1.165, 1.54) is 28.9 Å². The average Bonchev–Trinajstić information content (AvgIpc) is 2.59. The summed E-state index contributed by atoms with van der Waals surface area (Å²) >= 11 is 0. The minimum Gasteiger partial charge on any atom is -0.385 e. The van der Waals surface area contributed by atoms with Crippen molar-refractivity contribution in [3.63, 3.8) is 0 Å². The first-order chi connectivity index (χ1) is 12.0. The Balaban J connectivity index is 1.47. The summed E-state index contributed by atoms with van der Waals surface area (Å²) in [5.41, 5.74) is 2.92. The third-order valence-electron chi connectivity index (χ3n) is 6.30. The molecule has 3 heteroatoms. The Hall–Kier alpha value is -0.900. The van der Waals surface area contributed by atoms with Crippen LogP contribution in [0.25, 0.3) is 0 Å². The maximum absolute atomic E-state index is 10.5. The van der Waals surface area contributed by atoms with Crippen LogP contribution in [0.5, 0.6) is 0 Å². The number of nitrogens with one attached hydrogen (secondary N) is 1. The van der Waals surface area contributed by atoms with Crippen molar-refractivity contribution in [2.75, 3.05) is 19.7 Å². The second kappa shape index (κ2) is 8.66. The fourth-order valence-corrected chi connectivity index (χ4v) is 4.75. The molecule has 2 N–H and O–H groups in total. The first-order valence-electron chi connectivity index (χ1n) is 10.2. The third kappa shape index (κ3) is 5.06. The van der Waals surface area contributed by atoms with Crippen LogP contribution in [0, 0.1) is 17.8 Å². The van der Waals surface area contributed by atoms with Crippen LogP contribution in [-0.2, 0) is 17.7 Å². The van der Waals surface area contributed by atoms with Gasteiger partial charge in [0.05, 0.1) is 19.3 Å². The Morgan fingerprint density at radius 2 is 1.96 bits per heavy atom. The summed E-state index contributed by atoms with van der Waals surface area (Å²) in [6, 6.07) is 8.72. The topological polar surface area (TPSA) is 33.9 Å². The molecule has 2 aliphatic rings. The van der Waals surface area contributed by atoms with E-state index in [0.29, 0.717) is 24.5 Å². The molecule has 0 saturated heterocycles. The van der Waals surface area contributed by atoms with Crippen LogP contribution < -0.4 is 4.90 Å². The molecular weight excluding hydrogens is 310 g/mol. The molecule has 1 unspecified atom stereocenters. The second-order valence-corrected chi connectivity index (χ2v) is 8.75. The van der Waals surface area contributed by atoms with Crippen molar-refractivity contribution in [2.24, 2.45) is 17.8 Å². The predicted molar refractivity (Wildman–Crippen MR) is 102 cm³/mol. The number of hydrogen-bond acceptors (Lipinski definition) is 2. The van der Waals surface area contributed by atoms with Gasteiger partial charge in [-0.3, -0.25) is 0 Å². The van der Waals surface area contributed by atoms with Crippen molar-refractivity contribution in [2.45, 2.75) is 65.2 Å². The molecule has 1 aromatic carbocycles. The molecule has 0 radical (unpaired) electrons. The summed E-state index contributed by atoms with van der Waals surface area (Å²) in [6.07, 6.45) is 4.84. The highest BCUT2D eigenvalue weighted by Crippen LogP contribution is 2.35. The van der Waals surface area contributed by atoms with E-state index in [-0.39, 0.29) is 6.10 Å². The van der Waals surface area contributed by atoms with E-state index in [1.54, 1.807) is 0 Å². The van der Waals surface area contributed by atoms with Crippen LogP contribution in [0.3, 0.4) is 0 Å². The molecule has 5 atom stereocenters. The largest absolute Gasteiger partial charge is 0.385 e. The number of fused-ring (bicyclic) bond motifs is 1. The highest BCUT2D eigenvalue weighted by Gasteiger charge is 2.32. The lowest BCUT2D eigenvalue weighted by Crippen LogP contribution is -3.13. The van der Waals surface area contributed by atoms with Gasteiger partial charge in [-0.25, -0.2) is 0 Å². The number of ether oxygens (including phenoxy) is 1. The van der Waals surface area contributed by atoms with Gasteiger partial charge in [0.1, 0.15) is 19.2 Å². The molecule has 140 valence electrons. The first kappa shape index (κ1) is 18.9. The molecule has 0 aromatic heterocycles. The lowest BCUT2D eigenvalue weighted by molar-refractivity contribution is -0.919. The molecule has 1 heterocycles. The van der Waals surface area contributed by atoms with Gasteiger partial charge >= 0.3 is 0 Å². The Bertz CT molecular complexity index is 545. The van der Waals surface area contributed by atoms with Crippen LogP contribution in [0.15, 0.2) is 24.3 Å². The molecule has 25 heavy (non-hydrogen) atoms. The third-order valence-corrected chi connectivity index (χ3v) is 6.30. The van der Waals surface area contributed by atoms with Gasteiger partial charge in [-0.1, -0.05) is 51.5 Å². The van der Waals surface area contributed by atoms with Gasteiger partial charge in [-0.2, -0.15) is 0 Å². The summed E-state index contributed by atoms with van der Waals surface area (Å²) in [6.45, 7) is 10.4. The Labute approximate surface area is 153 Å². The summed E-state index contributed by atoms with van der Waals surface area (Å²) in [5.74, 6) is 2.07. The van der Waals surface area contributed by atoms with E-state index in [2.05, 4.69) is 45.0 Å². The SMILES string of the molecule is CC(C)[C@@H]1CC[C@@H](C)C[C@H]1OC[C@H](O)C[NH+]1CCc2ccccc2C1. The van der Waals surface area contributed by atoms with Crippen molar-refractivity contribution in [1.29, 1.82) is 0 Å². The molecule has 1 aliphatic heterocycles. The highest BCUT2D eigenvalue weighted by molar-refractivity contribution is 5.27. The normalized spacial score (nSPS) is 30.9. The average molecular weight is 347 g/mol. The number of aliphatic hydroxyl groups is 1. The molecule has 1 aromatic rings. The zero-order chi connectivity index (χ0) is 17.8. The predicted octanol–water partition coefficient (Wildman–Crippen LogP) is 2.47. The first-order valence-corrected chi connectivity index (χ1v) is 10.2. The number of quaternary nitrogens is 1. The quantitative estimate of drug-likeness (QED) is 0.830. The van der Waals surface area contributed by atoms with Gasteiger partial charge in [0.25, 0.3) is 0 Å². The molecule has 0 spiro atoms. The number of benzene rings is 1. The minimum absolute atomic E-state index is 0.329. The van der Waals surface area contributed by atoms with Gasteiger partial charge in [0, 0.05) is 12.0 Å². The van der Waals surface area contributed by atoms with Crippen molar-refractivity contribution in [3.8, 4) is 0 Å². The lowest BCUT2D eigenvalue weighted by atomic mass is 9.75. The standard InChI is InChI=1S/C22H35NO2/c1-16(2)21-9-8-17(3)12-22(21)25-15-20(24)14-23-11-10-18-6-4-5-7-19(18)13-23/h4-7,16-17,20-22,24H,8-15H2,1-3H3/p+1/t17-,20-,21+,22-/m1/s1. The van der Waals surface area contributed by atoms with Crippen molar-refractivity contribution >= 4 is 0 Å². The zero-order valence-corrected chi connectivity index (χ0v) is 16.2. The Morgan fingerprint density at radius 3 is 2.72 bits per heavy atom. The molecule has 0 amide bonds. The number of hydrogen-bond donors (Lipinski definition) is 2. The van der Waals surface area contributed by atoms with Gasteiger partial charge in [-0.05, 0) is 36.2 Å². The molecule has 3 rings (SSSR count). The molecule has 1 aliphatic carbocycles.